The lowest BCUT2D eigenvalue weighted by Crippen LogP contribution is -2.31. The average molecular weight is 340 g/mol. The first-order valence-corrected chi connectivity index (χ1v) is 8.68. The predicted octanol–water partition coefficient (Wildman–Crippen LogP) is 2.76. The zero-order valence-electron chi connectivity index (χ0n) is 14.5. The first kappa shape index (κ1) is 17.4. The summed E-state index contributed by atoms with van der Waals surface area (Å²) in [5, 5.41) is 0. The number of carbonyl (C=O) groups is 1. The van der Waals surface area contributed by atoms with Gasteiger partial charge in [0, 0.05) is 43.7 Å². The Labute approximate surface area is 148 Å². The third-order valence-corrected chi connectivity index (χ3v) is 4.54. The Hall–Kier alpha value is -2.47. The minimum Gasteiger partial charge on any atom is -0.378 e. The van der Waals surface area contributed by atoms with E-state index in [0.29, 0.717) is 12.1 Å². The van der Waals surface area contributed by atoms with Crippen LogP contribution < -0.4 is 5.73 Å². The summed E-state index contributed by atoms with van der Waals surface area (Å²) in [6.07, 6.45) is 8.00. The van der Waals surface area contributed by atoms with Crippen LogP contribution in [0.25, 0.3) is 11.1 Å². The van der Waals surface area contributed by atoms with Gasteiger partial charge in [-0.05, 0) is 43.4 Å². The van der Waals surface area contributed by atoms with Gasteiger partial charge in [-0.15, -0.1) is 0 Å². The van der Waals surface area contributed by atoms with Crippen LogP contribution in [0.1, 0.15) is 36.0 Å². The van der Waals surface area contributed by atoms with Gasteiger partial charge in [0.1, 0.15) is 0 Å². The molecule has 2 aromatic rings. The zero-order chi connectivity index (χ0) is 17.6. The fourth-order valence-corrected chi connectivity index (χ4v) is 2.99. The minimum atomic E-state index is 0.0240. The number of amides is 1. The van der Waals surface area contributed by atoms with Gasteiger partial charge >= 0.3 is 0 Å². The molecule has 1 fully saturated rings. The van der Waals surface area contributed by atoms with E-state index in [9.17, 15) is 4.79 Å². The number of carbonyl (C=O) groups excluding carboxylic acids is 1. The van der Waals surface area contributed by atoms with Gasteiger partial charge < -0.3 is 15.4 Å². The number of hydrogen-bond acceptors (Lipinski definition) is 5. The Kier molecular flexibility index (Phi) is 5.60. The molecule has 2 heterocycles. The van der Waals surface area contributed by atoms with E-state index < -0.39 is 0 Å². The van der Waals surface area contributed by atoms with E-state index in [1.165, 1.54) is 6.42 Å². The average Bonchev–Trinajstić information content (AvgIpc) is 2.67. The molecule has 132 valence electrons. The Morgan fingerprint density at radius 1 is 1.20 bits per heavy atom. The Bertz CT molecular complexity index is 694. The molecule has 1 aliphatic heterocycles. The molecular weight excluding hydrogens is 316 g/mol. The number of rotatable bonds is 5. The molecule has 0 saturated carbocycles. The van der Waals surface area contributed by atoms with Crippen LogP contribution in [0, 0.1) is 0 Å². The van der Waals surface area contributed by atoms with Crippen molar-refractivity contribution < 1.29 is 9.53 Å². The van der Waals surface area contributed by atoms with Crippen molar-refractivity contribution in [3.63, 3.8) is 0 Å². The Morgan fingerprint density at radius 2 is 1.92 bits per heavy atom. The van der Waals surface area contributed by atoms with Crippen molar-refractivity contribution in [1.29, 1.82) is 0 Å². The lowest BCUT2D eigenvalue weighted by atomic mass is 10.1. The molecule has 1 aliphatic rings. The van der Waals surface area contributed by atoms with Gasteiger partial charge in [0.2, 0.25) is 5.95 Å². The van der Waals surface area contributed by atoms with E-state index in [1.54, 1.807) is 17.3 Å². The number of aromatic nitrogens is 2. The second-order valence-electron chi connectivity index (χ2n) is 6.41. The third kappa shape index (κ3) is 4.54. The minimum absolute atomic E-state index is 0.0240. The monoisotopic (exact) mass is 340 g/mol. The smallest absolute Gasteiger partial charge is 0.253 e. The van der Waals surface area contributed by atoms with Crippen LogP contribution in [0.2, 0.25) is 0 Å². The van der Waals surface area contributed by atoms with E-state index in [1.807, 2.05) is 31.3 Å². The first-order chi connectivity index (χ1) is 12.1. The molecule has 0 spiro atoms. The van der Waals surface area contributed by atoms with Crippen LogP contribution in [-0.4, -0.2) is 47.1 Å². The van der Waals surface area contributed by atoms with Crippen LogP contribution in [0.5, 0.6) is 0 Å². The molecule has 0 radical (unpaired) electrons. The van der Waals surface area contributed by atoms with Crippen LogP contribution in [-0.2, 0) is 4.74 Å². The molecule has 0 aliphatic carbocycles. The lowest BCUT2D eigenvalue weighted by Gasteiger charge is -2.25. The molecule has 6 heteroatoms. The van der Waals surface area contributed by atoms with E-state index in [2.05, 4.69) is 9.97 Å². The maximum absolute atomic E-state index is 12.6. The summed E-state index contributed by atoms with van der Waals surface area (Å²) < 4.78 is 5.73. The number of hydrogen-bond donors (Lipinski definition) is 1. The van der Waals surface area contributed by atoms with Crippen molar-refractivity contribution >= 4 is 11.9 Å². The van der Waals surface area contributed by atoms with Crippen molar-refractivity contribution in [2.75, 3.05) is 25.9 Å². The van der Waals surface area contributed by atoms with Gasteiger partial charge in [-0.2, -0.15) is 0 Å². The Balaban J connectivity index is 1.58. The summed E-state index contributed by atoms with van der Waals surface area (Å²) in [5.41, 5.74) is 8.00. The molecule has 25 heavy (non-hydrogen) atoms. The van der Waals surface area contributed by atoms with Gasteiger partial charge in [-0.3, -0.25) is 4.79 Å². The molecule has 1 saturated heterocycles. The summed E-state index contributed by atoms with van der Waals surface area (Å²) in [6, 6.07) is 7.48. The molecule has 2 N–H and O–H groups in total. The molecule has 1 aromatic carbocycles. The van der Waals surface area contributed by atoms with Gasteiger partial charge in [0.25, 0.3) is 5.91 Å². The highest BCUT2D eigenvalue weighted by Crippen LogP contribution is 2.20. The fourth-order valence-electron chi connectivity index (χ4n) is 2.99. The van der Waals surface area contributed by atoms with Gasteiger partial charge in [-0.25, -0.2) is 9.97 Å². The summed E-state index contributed by atoms with van der Waals surface area (Å²) in [7, 11) is 1.84. The van der Waals surface area contributed by atoms with Crippen LogP contribution in [0.15, 0.2) is 36.7 Å². The number of ether oxygens (including phenoxy) is 1. The topological polar surface area (TPSA) is 81.3 Å². The number of nitrogen functional groups attached to an aromatic ring is 1. The van der Waals surface area contributed by atoms with Gasteiger partial charge in [0.05, 0.1) is 6.10 Å². The highest BCUT2D eigenvalue weighted by atomic mass is 16.5. The molecular formula is C19H24N4O2. The maximum atomic E-state index is 12.6. The van der Waals surface area contributed by atoms with E-state index in [0.717, 1.165) is 37.0 Å². The first-order valence-electron chi connectivity index (χ1n) is 8.68. The lowest BCUT2D eigenvalue weighted by molar-refractivity contribution is 0.00709. The zero-order valence-corrected chi connectivity index (χ0v) is 14.5. The standard InChI is InChI=1S/C19H24N4O2/c1-23(10-9-17-4-2-3-11-25-17)18(24)15-7-5-14(6-8-15)16-12-21-19(20)22-13-16/h5-8,12-13,17H,2-4,9-11H2,1H3,(H2,20,21,22)/t17-/m0/s1. The summed E-state index contributed by atoms with van der Waals surface area (Å²) in [6.45, 7) is 1.55. The normalized spacial score (nSPS) is 17.2. The Morgan fingerprint density at radius 3 is 2.56 bits per heavy atom. The van der Waals surface area contributed by atoms with Crippen molar-refractivity contribution in [3.8, 4) is 11.1 Å². The highest BCUT2D eigenvalue weighted by molar-refractivity contribution is 5.94. The van der Waals surface area contributed by atoms with Crippen LogP contribution in [0.3, 0.4) is 0 Å². The number of nitrogens with zero attached hydrogens (tertiary/aromatic N) is 3. The largest absolute Gasteiger partial charge is 0.378 e. The molecule has 1 amide bonds. The van der Waals surface area contributed by atoms with Crippen molar-refractivity contribution in [2.45, 2.75) is 31.8 Å². The molecule has 0 bridgehead atoms. The molecule has 1 aromatic heterocycles. The van der Waals surface area contributed by atoms with E-state index in [4.69, 9.17) is 10.5 Å². The van der Waals surface area contributed by atoms with Crippen molar-refractivity contribution in [3.05, 3.63) is 42.2 Å². The van der Waals surface area contributed by atoms with E-state index in [-0.39, 0.29) is 18.0 Å². The number of nitrogens with two attached hydrogens (primary N) is 1. The SMILES string of the molecule is CN(CC[C@@H]1CCCCO1)C(=O)c1ccc(-c2cnc(N)nc2)cc1. The second-order valence-corrected chi connectivity index (χ2v) is 6.41. The fraction of sp³-hybridized carbons (Fsp3) is 0.421. The predicted molar refractivity (Wildman–Crippen MR) is 97.0 cm³/mol. The highest BCUT2D eigenvalue weighted by Gasteiger charge is 2.17. The van der Waals surface area contributed by atoms with Gasteiger partial charge in [0.15, 0.2) is 0 Å². The van der Waals surface area contributed by atoms with Crippen molar-refractivity contribution in [1.82, 2.24) is 14.9 Å². The molecule has 0 unspecified atom stereocenters. The van der Waals surface area contributed by atoms with Crippen molar-refractivity contribution in [2.24, 2.45) is 0 Å². The summed E-state index contributed by atoms with van der Waals surface area (Å²) in [4.78, 5) is 22.3. The quantitative estimate of drug-likeness (QED) is 0.905. The maximum Gasteiger partial charge on any atom is 0.253 e. The molecule has 3 rings (SSSR count). The van der Waals surface area contributed by atoms with E-state index >= 15 is 0 Å². The molecule has 1 atom stereocenters. The number of benzene rings is 1. The second kappa shape index (κ2) is 8.07. The molecule has 6 nitrogen and oxygen atoms in total. The van der Waals surface area contributed by atoms with Gasteiger partial charge in [-0.1, -0.05) is 12.1 Å². The third-order valence-electron chi connectivity index (χ3n) is 4.54. The summed E-state index contributed by atoms with van der Waals surface area (Å²) in [5.74, 6) is 0.273. The van der Waals surface area contributed by atoms with Crippen LogP contribution in [0.4, 0.5) is 5.95 Å². The number of anilines is 1. The van der Waals surface area contributed by atoms with Crippen LogP contribution >= 0.6 is 0 Å². The summed E-state index contributed by atoms with van der Waals surface area (Å²) >= 11 is 0.